The summed E-state index contributed by atoms with van der Waals surface area (Å²) in [7, 11) is 0. The Morgan fingerprint density at radius 1 is 1.40 bits per heavy atom. The van der Waals surface area contributed by atoms with E-state index in [9.17, 15) is 4.79 Å². The molecule has 0 aliphatic heterocycles. The Labute approximate surface area is 123 Å². The number of aryl methyl sites for hydroxylation is 2. The molecule has 1 aromatic carbocycles. The molecule has 0 spiro atoms. The molecule has 0 radical (unpaired) electrons. The topological polar surface area (TPSA) is 46.9 Å². The van der Waals surface area contributed by atoms with Gasteiger partial charge in [-0.15, -0.1) is 0 Å². The first-order chi connectivity index (χ1) is 9.49. The zero-order valence-corrected chi connectivity index (χ0v) is 12.6. The number of carbonyl (C=O) groups excluding carboxylic acids is 1. The van der Waals surface area contributed by atoms with Gasteiger partial charge in [-0.1, -0.05) is 23.7 Å². The van der Waals surface area contributed by atoms with Gasteiger partial charge < -0.3 is 5.32 Å². The van der Waals surface area contributed by atoms with Crippen LogP contribution in [0, 0.1) is 13.8 Å². The molecule has 0 saturated carbocycles. The number of amides is 1. The summed E-state index contributed by atoms with van der Waals surface area (Å²) in [5, 5.41) is 7.77. The fourth-order valence-corrected chi connectivity index (χ4v) is 2.38. The Hall–Kier alpha value is -1.81. The molecule has 20 heavy (non-hydrogen) atoms. The van der Waals surface area contributed by atoms with Gasteiger partial charge in [0.2, 0.25) is 0 Å². The van der Waals surface area contributed by atoms with E-state index < -0.39 is 0 Å². The van der Waals surface area contributed by atoms with E-state index in [1.807, 2.05) is 31.5 Å². The first-order valence-electron chi connectivity index (χ1n) is 6.54. The van der Waals surface area contributed by atoms with Crippen LogP contribution in [0.1, 0.15) is 34.7 Å². The average Bonchev–Trinajstić information content (AvgIpc) is 2.75. The van der Waals surface area contributed by atoms with E-state index in [1.165, 1.54) is 0 Å². The van der Waals surface area contributed by atoms with Crippen molar-refractivity contribution in [2.45, 2.75) is 26.8 Å². The Bertz CT molecular complexity index is 621. The normalized spacial score (nSPS) is 12.2. The molecule has 106 valence electrons. The van der Waals surface area contributed by atoms with E-state index in [-0.39, 0.29) is 11.9 Å². The van der Waals surface area contributed by atoms with E-state index in [0.29, 0.717) is 17.1 Å². The fraction of sp³-hybridized carbons (Fsp3) is 0.333. The van der Waals surface area contributed by atoms with Crippen LogP contribution < -0.4 is 5.32 Å². The predicted molar refractivity (Wildman–Crippen MR) is 80.2 cm³/mol. The lowest BCUT2D eigenvalue weighted by Crippen LogP contribution is -2.30. The number of nitrogens with zero attached hydrogens (tertiary/aromatic N) is 2. The number of rotatable bonds is 4. The molecule has 1 heterocycles. The summed E-state index contributed by atoms with van der Waals surface area (Å²) in [4.78, 5) is 12.1. The monoisotopic (exact) mass is 291 g/mol. The first-order valence-corrected chi connectivity index (χ1v) is 6.92. The van der Waals surface area contributed by atoms with Crippen molar-refractivity contribution in [2.24, 2.45) is 0 Å². The largest absolute Gasteiger partial charge is 0.350 e. The predicted octanol–water partition coefficient (Wildman–Crippen LogP) is 3.14. The van der Waals surface area contributed by atoms with Gasteiger partial charge in [-0.2, -0.15) is 5.10 Å². The minimum atomic E-state index is -0.163. The Morgan fingerprint density at radius 2 is 2.10 bits per heavy atom. The molecule has 4 nitrogen and oxygen atoms in total. The molecule has 0 aliphatic rings. The van der Waals surface area contributed by atoms with E-state index in [0.717, 1.165) is 11.4 Å². The highest BCUT2D eigenvalue weighted by Gasteiger charge is 2.13. The van der Waals surface area contributed by atoms with Gasteiger partial charge in [0.15, 0.2) is 0 Å². The maximum absolute atomic E-state index is 12.1. The third-order valence-electron chi connectivity index (χ3n) is 3.14. The van der Waals surface area contributed by atoms with E-state index in [2.05, 4.69) is 10.4 Å². The van der Waals surface area contributed by atoms with Crippen molar-refractivity contribution in [3.05, 3.63) is 52.3 Å². The van der Waals surface area contributed by atoms with Gasteiger partial charge in [0.25, 0.3) is 5.91 Å². The lowest BCUT2D eigenvalue weighted by atomic mass is 10.2. The summed E-state index contributed by atoms with van der Waals surface area (Å²) in [6.45, 7) is 6.49. The van der Waals surface area contributed by atoms with Gasteiger partial charge in [0.05, 0.1) is 22.3 Å². The van der Waals surface area contributed by atoms with Gasteiger partial charge in [-0.25, -0.2) is 0 Å². The summed E-state index contributed by atoms with van der Waals surface area (Å²) in [6, 6.07) is 9.14. The third kappa shape index (κ3) is 3.20. The van der Waals surface area contributed by atoms with Crippen LogP contribution in [0.2, 0.25) is 5.02 Å². The Kier molecular flexibility index (Phi) is 4.45. The van der Waals surface area contributed by atoms with Gasteiger partial charge in [-0.3, -0.25) is 9.48 Å². The van der Waals surface area contributed by atoms with E-state index in [1.54, 1.807) is 24.3 Å². The summed E-state index contributed by atoms with van der Waals surface area (Å²) in [5.41, 5.74) is 2.56. The number of nitrogens with one attached hydrogen (secondary N) is 1. The zero-order valence-electron chi connectivity index (χ0n) is 11.9. The molecule has 0 unspecified atom stereocenters. The van der Waals surface area contributed by atoms with E-state index in [4.69, 9.17) is 11.6 Å². The van der Waals surface area contributed by atoms with Gasteiger partial charge in [0, 0.05) is 12.2 Å². The third-order valence-corrected chi connectivity index (χ3v) is 3.47. The first kappa shape index (κ1) is 14.6. The minimum Gasteiger partial charge on any atom is -0.350 e. The Balaban J connectivity index is 2.00. The van der Waals surface area contributed by atoms with Crippen molar-refractivity contribution in [3.8, 4) is 0 Å². The second-order valence-corrected chi connectivity index (χ2v) is 5.32. The molecule has 2 rings (SSSR count). The minimum absolute atomic E-state index is 0.0927. The second kappa shape index (κ2) is 6.09. The summed E-state index contributed by atoms with van der Waals surface area (Å²) in [5.74, 6) is -0.163. The Morgan fingerprint density at radius 3 is 2.70 bits per heavy atom. The molecule has 0 bridgehead atoms. The van der Waals surface area contributed by atoms with Crippen LogP contribution in [0.15, 0.2) is 30.3 Å². The quantitative estimate of drug-likeness (QED) is 0.941. The summed E-state index contributed by atoms with van der Waals surface area (Å²) in [6.07, 6.45) is 0. The van der Waals surface area contributed by atoms with Crippen LogP contribution in [0.5, 0.6) is 0 Å². The molecule has 1 atom stereocenters. The van der Waals surface area contributed by atoms with Gasteiger partial charge in [-0.05, 0) is 39.0 Å². The maximum atomic E-state index is 12.1. The molecule has 1 amide bonds. The standard InChI is InChI=1S/C15H18ClN3O/c1-10-8-11(2)19(18-10)12(3)9-17-15(20)13-6-4-5-7-14(13)16/h4-8,12H,9H2,1-3H3,(H,17,20)/t12-/m0/s1. The van der Waals surface area contributed by atoms with Crippen molar-refractivity contribution in [1.29, 1.82) is 0 Å². The molecule has 5 heteroatoms. The number of benzene rings is 1. The SMILES string of the molecule is Cc1cc(C)n([C@@H](C)CNC(=O)c2ccccc2Cl)n1. The number of halogens is 1. The van der Waals surface area contributed by atoms with Crippen molar-refractivity contribution in [1.82, 2.24) is 15.1 Å². The molecule has 1 N–H and O–H groups in total. The van der Waals surface area contributed by atoms with Gasteiger partial charge >= 0.3 is 0 Å². The molecule has 0 fully saturated rings. The highest BCUT2D eigenvalue weighted by atomic mass is 35.5. The molecular weight excluding hydrogens is 274 g/mol. The zero-order chi connectivity index (χ0) is 14.7. The fourth-order valence-electron chi connectivity index (χ4n) is 2.16. The number of hydrogen-bond acceptors (Lipinski definition) is 2. The molecule has 1 aromatic heterocycles. The van der Waals surface area contributed by atoms with E-state index >= 15 is 0 Å². The van der Waals surface area contributed by atoms with Crippen LogP contribution in [0.3, 0.4) is 0 Å². The highest BCUT2D eigenvalue weighted by Crippen LogP contribution is 2.15. The molecular formula is C15H18ClN3O. The smallest absolute Gasteiger partial charge is 0.252 e. The summed E-state index contributed by atoms with van der Waals surface area (Å²) >= 11 is 6.00. The van der Waals surface area contributed by atoms with Crippen molar-refractivity contribution >= 4 is 17.5 Å². The van der Waals surface area contributed by atoms with Crippen molar-refractivity contribution in [2.75, 3.05) is 6.54 Å². The second-order valence-electron chi connectivity index (χ2n) is 4.91. The average molecular weight is 292 g/mol. The molecule has 0 aliphatic carbocycles. The highest BCUT2D eigenvalue weighted by molar-refractivity contribution is 6.33. The lowest BCUT2D eigenvalue weighted by molar-refractivity contribution is 0.0948. The van der Waals surface area contributed by atoms with Gasteiger partial charge in [0.1, 0.15) is 0 Å². The summed E-state index contributed by atoms with van der Waals surface area (Å²) < 4.78 is 1.92. The lowest BCUT2D eigenvalue weighted by Gasteiger charge is -2.15. The van der Waals surface area contributed by atoms with Crippen LogP contribution in [0.25, 0.3) is 0 Å². The van der Waals surface area contributed by atoms with Crippen LogP contribution in [-0.2, 0) is 0 Å². The maximum Gasteiger partial charge on any atom is 0.252 e. The molecule has 2 aromatic rings. The number of carbonyl (C=O) groups is 1. The number of aromatic nitrogens is 2. The van der Waals surface area contributed by atoms with Crippen molar-refractivity contribution < 1.29 is 4.79 Å². The molecule has 0 saturated heterocycles. The van der Waals surface area contributed by atoms with Crippen molar-refractivity contribution in [3.63, 3.8) is 0 Å². The van der Waals surface area contributed by atoms with Crippen LogP contribution >= 0.6 is 11.6 Å². The number of hydrogen-bond donors (Lipinski definition) is 1. The van der Waals surface area contributed by atoms with Crippen LogP contribution in [0.4, 0.5) is 0 Å². The van der Waals surface area contributed by atoms with Crippen LogP contribution in [-0.4, -0.2) is 22.2 Å².